The van der Waals surface area contributed by atoms with Crippen LogP contribution in [0.25, 0.3) is 0 Å². The number of hydrogen-bond acceptors (Lipinski definition) is 4. The Kier molecular flexibility index (Phi) is 3.95. The molecule has 2 aromatic rings. The van der Waals surface area contributed by atoms with Crippen molar-refractivity contribution in [3.8, 4) is 0 Å². The number of hydrogen-bond donors (Lipinski definition) is 3. The highest BCUT2D eigenvalue weighted by Crippen LogP contribution is 2.32. The Bertz CT molecular complexity index is 789. The smallest absolute Gasteiger partial charge is 0.338 e. The van der Waals surface area contributed by atoms with Crippen molar-refractivity contribution in [3.63, 3.8) is 0 Å². The van der Waals surface area contributed by atoms with Gasteiger partial charge in [0.15, 0.2) is 0 Å². The number of aromatic amines is 1. The van der Waals surface area contributed by atoms with Gasteiger partial charge in [-0.2, -0.15) is 0 Å². The van der Waals surface area contributed by atoms with E-state index in [0.29, 0.717) is 11.3 Å². The topological polar surface area (TPSA) is 99.3 Å². The van der Waals surface area contributed by atoms with Crippen molar-refractivity contribution in [2.24, 2.45) is 0 Å². The third-order valence-electron chi connectivity index (χ3n) is 3.13. The van der Waals surface area contributed by atoms with E-state index in [4.69, 9.17) is 0 Å². The van der Waals surface area contributed by atoms with Gasteiger partial charge in [0.05, 0.1) is 5.56 Å². The molecule has 2 heterocycles. The van der Waals surface area contributed by atoms with Crippen molar-refractivity contribution in [1.29, 1.82) is 0 Å². The number of pyridine rings is 1. The van der Waals surface area contributed by atoms with Crippen LogP contribution in [0.2, 0.25) is 0 Å². The maximum Gasteiger partial charge on any atom is 0.338 e. The monoisotopic (exact) mass is 306 g/mol. The molecule has 0 saturated carbocycles. The summed E-state index contributed by atoms with van der Waals surface area (Å²) in [5.41, 5.74) is 0.760. The zero-order valence-electron chi connectivity index (χ0n) is 11.7. The maximum absolute atomic E-state index is 12.1. The van der Waals surface area contributed by atoms with E-state index in [1.54, 1.807) is 26.8 Å². The Labute approximate surface area is 124 Å². The Hall–Kier alpha value is -2.41. The number of aromatic nitrogens is 1. The molecule has 0 spiro atoms. The number of amides is 1. The lowest BCUT2D eigenvalue weighted by atomic mass is 10.1. The van der Waals surface area contributed by atoms with E-state index in [0.717, 1.165) is 4.88 Å². The number of anilines is 1. The number of aromatic carboxylic acids is 1. The second kappa shape index (κ2) is 5.53. The van der Waals surface area contributed by atoms with E-state index in [2.05, 4.69) is 10.3 Å². The molecule has 110 valence electrons. The number of carbonyl (C=O) groups is 2. The molecule has 0 bridgehead atoms. The fraction of sp³-hybridized carbons (Fsp3) is 0.214. The first-order valence-corrected chi connectivity index (χ1v) is 6.97. The summed E-state index contributed by atoms with van der Waals surface area (Å²) in [6.07, 6.45) is 0. The largest absolute Gasteiger partial charge is 0.478 e. The van der Waals surface area contributed by atoms with Gasteiger partial charge in [-0.15, -0.1) is 11.3 Å². The van der Waals surface area contributed by atoms with Crippen molar-refractivity contribution in [2.45, 2.75) is 20.8 Å². The first-order chi connectivity index (χ1) is 9.81. The first kappa shape index (κ1) is 15.0. The van der Waals surface area contributed by atoms with E-state index in [-0.39, 0.29) is 16.1 Å². The average molecular weight is 306 g/mol. The molecule has 0 aromatic carbocycles. The van der Waals surface area contributed by atoms with E-state index in [1.807, 2.05) is 0 Å². The lowest BCUT2D eigenvalue weighted by Crippen LogP contribution is -2.23. The zero-order valence-corrected chi connectivity index (χ0v) is 12.6. The number of nitrogens with one attached hydrogen (secondary N) is 2. The summed E-state index contributed by atoms with van der Waals surface area (Å²) < 4.78 is 0. The predicted molar refractivity (Wildman–Crippen MR) is 80.5 cm³/mol. The van der Waals surface area contributed by atoms with E-state index < -0.39 is 17.4 Å². The van der Waals surface area contributed by atoms with Crippen molar-refractivity contribution < 1.29 is 14.7 Å². The van der Waals surface area contributed by atoms with Crippen LogP contribution in [0.15, 0.2) is 16.9 Å². The molecule has 1 amide bonds. The van der Waals surface area contributed by atoms with Crippen LogP contribution < -0.4 is 10.9 Å². The minimum absolute atomic E-state index is 0.0550. The van der Waals surface area contributed by atoms with Gasteiger partial charge in [-0.3, -0.25) is 9.59 Å². The highest BCUT2D eigenvalue weighted by Gasteiger charge is 2.21. The van der Waals surface area contributed by atoms with Crippen molar-refractivity contribution in [2.75, 3.05) is 5.32 Å². The molecule has 2 aromatic heterocycles. The van der Waals surface area contributed by atoms with E-state index in [9.17, 15) is 19.5 Å². The van der Waals surface area contributed by atoms with Gasteiger partial charge in [0.25, 0.3) is 11.5 Å². The first-order valence-electron chi connectivity index (χ1n) is 6.15. The molecule has 0 radical (unpaired) electrons. The summed E-state index contributed by atoms with van der Waals surface area (Å²) in [4.78, 5) is 38.5. The number of carboxylic acids is 1. The van der Waals surface area contributed by atoms with Gasteiger partial charge in [0.2, 0.25) is 0 Å². The third kappa shape index (κ3) is 2.87. The second-order valence-electron chi connectivity index (χ2n) is 4.63. The molecular weight excluding hydrogens is 292 g/mol. The van der Waals surface area contributed by atoms with Gasteiger partial charge in [-0.1, -0.05) is 0 Å². The van der Waals surface area contributed by atoms with Gasteiger partial charge in [-0.05, 0) is 38.5 Å². The Morgan fingerprint density at radius 3 is 2.48 bits per heavy atom. The summed E-state index contributed by atoms with van der Waals surface area (Å²) in [7, 11) is 0. The number of H-pyrrole nitrogens is 1. The summed E-state index contributed by atoms with van der Waals surface area (Å²) in [6.45, 7) is 5.17. The molecule has 3 N–H and O–H groups in total. The van der Waals surface area contributed by atoms with Crippen LogP contribution in [-0.2, 0) is 0 Å². The van der Waals surface area contributed by atoms with Gasteiger partial charge < -0.3 is 15.4 Å². The quantitative estimate of drug-likeness (QED) is 0.810. The number of carbonyl (C=O) groups excluding carboxylic acids is 1. The van der Waals surface area contributed by atoms with Crippen molar-refractivity contribution >= 4 is 28.2 Å². The van der Waals surface area contributed by atoms with Gasteiger partial charge in [-0.25, -0.2) is 4.79 Å². The number of rotatable bonds is 3. The standard InChI is InChI=1S/C14H14N2O4S/c1-6-4-5-9(11(17)15-6)12(18)16-13-10(14(19)20)7(2)8(3)21-13/h4-5H,1-3H3,(H,15,17)(H,16,18)(H,19,20). The molecule has 0 aliphatic carbocycles. The molecule has 0 saturated heterocycles. The molecule has 0 atom stereocenters. The Morgan fingerprint density at radius 2 is 1.90 bits per heavy atom. The van der Waals surface area contributed by atoms with Crippen LogP contribution in [-0.4, -0.2) is 22.0 Å². The lowest BCUT2D eigenvalue weighted by Gasteiger charge is -2.04. The van der Waals surface area contributed by atoms with Crippen LogP contribution in [0.5, 0.6) is 0 Å². The molecule has 6 nitrogen and oxygen atoms in total. The number of aryl methyl sites for hydroxylation is 2. The normalized spacial score (nSPS) is 10.4. The predicted octanol–water partition coefficient (Wildman–Crippen LogP) is 2.31. The van der Waals surface area contributed by atoms with E-state index in [1.165, 1.54) is 17.4 Å². The average Bonchev–Trinajstić information content (AvgIpc) is 2.64. The number of thiophene rings is 1. The highest BCUT2D eigenvalue weighted by molar-refractivity contribution is 7.16. The highest BCUT2D eigenvalue weighted by atomic mass is 32.1. The molecule has 0 unspecified atom stereocenters. The molecule has 2 rings (SSSR count). The Balaban J connectivity index is 2.38. The van der Waals surface area contributed by atoms with Crippen molar-refractivity contribution in [3.05, 3.63) is 49.7 Å². The molecule has 0 aliphatic heterocycles. The fourth-order valence-electron chi connectivity index (χ4n) is 1.89. The van der Waals surface area contributed by atoms with Gasteiger partial charge >= 0.3 is 5.97 Å². The van der Waals surface area contributed by atoms with Crippen molar-refractivity contribution in [1.82, 2.24) is 4.98 Å². The molecule has 0 fully saturated rings. The zero-order chi connectivity index (χ0) is 15.7. The summed E-state index contributed by atoms with van der Waals surface area (Å²) >= 11 is 1.18. The summed E-state index contributed by atoms with van der Waals surface area (Å²) in [6, 6.07) is 3.02. The van der Waals surface area contributed by atoms with Crippen LogP contribution in [0.1, 0.15) is 36.9 Å². The SMILES string of the molecule is Cc1ccc(C(=O)Nc2sc(C)c(C)c2C(=O)O)c(=O)[nH]1. The molecular formula is C14H14N2O4S. The van der Waals surface area contributed by atoms with Crippen LogP contribution in [0, 0.1) is 20.8 Å². The maximum atomic E-state index is 12.1. The van der Waals surface area contributed by atoms with Crippen LogP contribution >= 0.6 is 11.3 Å². The molecule has 0 aliphatic rings. The minimum atomic E-state index is -1.11. The fourth-order valence-corrected chi connectivity index (χ4v) is 2.94. The lowest BCUT2D eigenvalue weighted by molar-refractivity contribution is 0.0697. The van der Waals surface area contributed by atoms with Crippen LogP contribution in [0.4, 0.5) is 5.00 Å². The van der Waals surface area contributed by atoms with E-state index >= 15 is 0 Å². The third-order valence-corrected chi connectivity index (χ3v) is 4.25. The van der Waals surface area contributed by atoms with Gasteiger partial charge in [0.1, 0.15) is 10.6 Å². The summed E-state index contributed by atoms with van der Waals surface area (Å²) in [5.74, 6) is -1.73. The number of carboxylic acid groups (broad SMARTS) is 1. The molecule has 21 heavy (non-hydrogen) atoms. The Morgan fingerprint density at radius 1 is 1.24 bits per heavy atom. The minimum Gasteiger partial charge on any atom is -0.478 e. The second-order valence-corrected chi connectivity index (χ2v) is 5.86. The van der Waals surface area contributed by atoms with Gasteiger partial charge in [0, 0.05) is 10.6 Å². The molecule has 7 heteroatoms. The van der Waals surface area contributed by atoms with Crippen LogP contribution in [0.3, 0.4) is 0 Å². The summed E-state index contributed by atoms with van der Waals surface area (Å²) in [5, 5.41) is 12.0.